The van der Waals surface area contributed by atoms with Crippen molar-refractivity contribution in [2.75, 3.05) is 17.7 Å². The Balaban J connectivity index is 1.77. The minimum absolute atomic E-state index is 0.00999. The van der Waals surface area contributed by atoms with E-state index >= 15 is 0 Å². The van der Waals surface area contributed by atoms with Gasteiger partial charge in [-0.1, -0.05) is 0 Å². The normalized spacial score (nSPS) is 12.8. The number of anilines is 3. The van der Waals surface area contributed by atoms with Crippen molar-refractivity contribution in [3.8, 4) is 11.3 Å². The SMILES string of the molecule is COC(=O)c1cc(Nc2cc(NC(=O)C3CC3)nnc2C(C)=O)c(C)c(-c2cnn(C)n2)c1. The molecule has 4 rings (SSSR count). The molecule has 0 spiro atoms. The van der Waals surface area contributed by atoms with Crippen LogP contribution in [0, 0.1) is 12.8 Å². The van der Waals surface area contributed by atoms with Crippen LogP contribution in [-0.2, 0) is 16.6 Å². The van der Waals surface area contributed by atoms with E-state index in [0.717, 1.165) is 18.4 Å². The van der Waals surface area contributed by atoms with Gasteiger partial charge in [0.25, 0.3) is 0 Å². The molecule has 1 saturated carbocycles. The maximum Gasteiger partial charge on any atom is 0.337 e. The van der Waals surface area contributed by atoms with Gasteiger partial charge in [-0.05, 0) is 37.5 Å². The van der Waals surface area contributed by atoms with E-state index in [2.05, 4.69) is 31.0 Å². The van der Waals surface area contributed by atoms with Gasteiger partial charge in [0.15, 0.2) is 17.3 Å². The number of hydrogen-bond acceptors (Lipinski definition) is 9. The molecule has 0 atom stereocenters. The van der Waals surface area contributed by atoms with Gasteiger partial charge < -0.3 is 15.4 Å². The predicted octanol–water partition coefficient (Wildman–Crippen LogP) is 2.66. The molecule has 1 aromatic carbocycles. The Hall–Kier alpha value is -4.15. The lowest BCUT2D eigenvalue weighted by molar-refractivity contribution is -0.117. The van der Waals surface area contributed by atoms with E-state index in [9.17, 15) is 14.4 Å². The molecule has 2 heterocycles. The van der Waals surface area contributed by atoms with Gasteiger partial charge >= 0.3 is 5.97 Å². The number of methoxy groups -OCH3 is 1. The molecular formula is C22H23N7O4. The van der Waals surface area contributed by atoms with Crippen molar-refractivity contribution < 1.29 is 19.1 Å². The summed E-state index contributed by atoms with van der Waals surface area (Å²) >= 11 is 0. The van der Waals surface area contributed by atoms with E-state index in [-0.39, 0.29) is 29.1 Å². The zero-order valence-electron chi connectivity index (χ0n) is 18.7. The van der Waals surface area contributed by atoms with Crippen LogP contribution in [0.4, 0.5) is 17.2 Å². The number of amides is 1. The average molecular weight is 449 g/mol. The lowest BCUT2D eigenvalue weighted by atomic mass is 10.00. The molecule has 11 nitrogen and oxygen atoms in total. The molecule has 0 bridgehead atoms. The number of carbonyl (C=O) groups is 3. The Kier molecular flexibility index (Phi) is 5.86. The van der Waals surface area contributed by atoms with Gasteiger partial charge in [-0.25, -0.2) is 4.79 Å². The zero-order valence-corrected chi connectivity index (χ0v) is 18.7. The second-order valence-corrected chi connectivity index (χ2v) is 7.84. The third-order valence-electron chi connectivity index (χ3n) is 5.30. The number of hydrogen-bond donors (Lipinski definition) is 2. The fourth-order valence-corrected chi connectivity index (χ4v) is 3.34. The Morgan fingerprint density at radius 3 is 2.48 bits per heavy atom. The Morgan fingerprint density at radius 1 is 1.12 bits per heavy atom. The molecule has 0 saturated heterocycles. The molecule has 0 radical (unpaired) electrons. The largest absolute Gasteiger partial charge is 0.465 e. The molecule has 1 amide bonds. The average Bonchev–Trinajstić information content (AvgIpc) is 3.55. The van der Waals surface area contributed by atoms with Crippen molar-refractivity contribution in [1.29, 1.82) is 0 Å². The van der Waals surface area contributed by atoms with Gasteiger partial charge in [-0.15, -0.1) is 10.2 Å². The number of ketones is 1. The lowest BCUT2D eigenvalue weighted by Crippen LogP contribution is -2.16. The molecule has 11 heteroatoms. The molecule has 1 aliphatic carbocycles. The van der Waals surface area contributed by atoms with Crippen LogP contribution in [0.1, 0.15) is 46.2 Å². The molecule has 3 aromatic rings. The van der Waals surface area contributed by atoms with Gasteiger partial charge in [-0.2, -0.15) is 15.0 Å². The number of aryl methyl sites for hydroxylation is 1. The minimum Gasteiger partial charge on any atom is -0.465 e. The predicted molar refractivity (Wildman–Crippen MR) is 119 cm³/mol. The zero-order chi connectivity index (χ0) is 23.7. The Bertz CT molecular complexity index is 1260. The topological polar surface area (TPSA) is 141 Å². The molecule has 0 unspecified atom stereocenters. The van der Waals surface area contributed by atoms with Crippen LogP contribution in [0.5, 0.6) is 0 Å². The van der Waals surface area contributed by atoms with E-state index in [1.54, 1.807) is 31.4 Å². The summed E-state index contributed by atoms with van der Waals surface area (Å²) in [5, 5.41) is 22.3. The van der Waals surface area contributed by atoms with Crippen molar-refractivity contribution in [2.45, 2.75) is 26.7 Å². The molecule has 170 valence electrons. The summed E-state index contributed by atoms with van der Waals surface area (Å²) in [7, 11) is 2.99. The number of rotatable bonds is 7. The first-order valence-electron chi connectivity index (χ1n) is 10.3. The Labute approximate surface area is 189 Å². The van der Waals surface area contributed by atoms with Crippen LogP contribution in [0.25, 0.3) is 11.3 Å². The molecule has 2 aromatic heterocycles. The standard InChI is InChI=1S/C22H23N7O4/c1-11-15(18-10-23-29(3)28-18)7-14(22(32)33-4)8-16(11)24-17-9-19(25-21(31)13-5-6-13)26-27-20(17)12(2)30/h7-10,13H,5-6H2,1-4H3,(H2,24,25,26,31). The molecule has 1 aliphatic rings. The second-order valence-electron chi connectivity index (χ2n) is 7.84. The van der Waals surface area contributed by atoms with Crippen molar-refractivity contribution in [1.82, 2.24) is 25.2 Å². The van der Waals surface area contributed by atoms with Crippen molar-refractivity contribution >= 4 is 34.9 Å². The minimum atomic E-state index is -0.528. The maximum atomic E-state index is 12.3. The molecular weight excluding hydrogens is 426 g/mol. The number of Topliss-reactive ketones (excluding diaryl/α,β-unsaturated/α-hetero) is 1. The number of carbonyl (C=O) groups excluding carboxylic acids is 3. The first kappa shape index (κ1) is 22.1. The number of ether oxygens (including phenoxy) is 1. The van der Waals surface area contributed by atoms with Crippen LogP contribution in [0.2, 0.25) is 0 Å². The smallest absolute Gasteiger partial charge is 0.337 e. The highest BCUT2D eigenvalue weighted by atomic mass is 16.5. The quantitative estimate of drug-likeness (QED) is 0.411. The van der Waals surface area contributed by atoms with Crippen LogP contribution in [0.3, 0.4) is 0 Å². The first-order valence-corrected chi connectivity index (χ1v) is 10.3. The van der Waals surface area contributed by atoms with Gasteiger partial charge in [0.1, 0.15) is 5.69 Å². The lowest BCUT2D eigenvalue weighted by Gasteiger charge is -2.16. The number of benzene rings is 1. The summed E-state index contributed by atoms with van der Waals surface area (Å²) in [6, 6.07) is 4.85. The molecule has 1 fully saturated rings. The van der Waals surface area contributed by atoms with E-state index in [0.29, 0.717) is 28.2 Å². The van der Waals surface area contributed by atoms with E-state index in [4.69, 9.17) is 4.74 Å². The van der Waals surface area contributed by atoms with Crippen LogP contribution < -0.4 is 10.6 Å². The highest BCUT2D eigenvalue weighted by Gasteiger charge is 2.30. The van der Waals surface area contributed by atoms with Crippen molar-refractivity contribution in [3.63, 3.8) is 0 Å². The summed E-state index contributed by atoms with van der Waals surface area (Å²) in [6.07, 6.45) is 3.29. The fraction of sp³-hybridized carbons (Fsp3) is 0.318. The van der Waals surface area contributed by atoms with Crippen LogP contribution >= 0.6 is 0 Å². The van der Waals surface area contributed by atoms with Crippen molar-refractivity contribution in [3.05, 3.63) is 41.2 Å². The Morgan fingerprint density at radius 2 is 1.88 bits per heavy atom. The highest BCUT2D eigenvalue weighted by Crippen LogP contribution is 2.33. The molecule has 33 heavy (non-hydrogen) atoms. The number of nitrogens with zero attached hydrogens (tertiary/aromatic N) is 5. The van der Waals surface area contributed by atoms with Crippen LogP contribution in [-0.4, -0.2) is 50.0 Å². The van der Waals surface area contributed by atoms with Gasteiger partial charge in [0.2, 0.25) is 5.91 Å². The van der Waals surface area contributed by atoms with E-state index < -0.39 is 5.97 Å². The molecule has 2 N–H and O–H groups in total. The number of aromatic nitrogens is 5. The second kappa shape index (κ2) is 8.77. The third-order valence-corrected chi connectivity index (χ3v) is 5.30. The number of esters is 1. The van der Waals surface area contributed by atoms with Gasteiger partial charge in [-0.3, -0.25) is 9.59 Å². The van der Waals surface area contributed by atoms with Gasteiger partial charge in [0, 0.05) is 37.2 Å². The van der Waals surface area contributed by atoms with Gasteiger partial charge in [0.05, 0.1) is 24.6 Å². The third kappa shape index (κ3) is 4.71. The summed E-state index contributed by atoms with van der Waals surface area (Å²) in [4.78, 5) is 38.1. The number of nitrogens with one attached hydrogen (secondary N) is 2. The summed E-state index contributed by atoms with van der Waals surface area (Å²) in [5.41, 5.74) is 3.27. The first-order chi connectivity index (χ1) is 15.8. The summed E-state index contributed by atoms with van der Waals surface area (Å²) in [5.74, 6) is -0.736. The monoisotopic (exact) mass is 449 g/mol. The summed E-state index contributed by atoms with van der Waals surface area (Å²) in [6.45, 7) is 3.23. The highest BCUT2D eigenvalue weighted by molar-refractivity contribution is 6.00. The van der Waals surface area contributed by atoms with E-state index in [1.165, 1.54) is 18.8 Å². The fourth-order valence-electron chi connectivity index (χ4n) is 3.34. The summed E-state index contributed by atoms with van der Waals surface area (Å²) < 4.78 is 4.90. The van der Waals surface area contributed by atoms with Crippen molar-refractivity contribution in [2.24, 2.45) is 13.0 Å². The maximum absolute atomic E-state index is 12.3. The molecule has 0 aliphatic heterocycles. The van der Waals surface area contributed by atoms with E-state index in [1.807, 2.05) is 6.92 Å². The van der Waals surface area contributed by atoms with Crippen LogP contribution in [0.15, 0.2) is 24.4 Å².